The van der Waals surface area contributed by atoms with E-state index in [4.69, 9.17) is 4.74 Å². The van der Waals surface area contributed by atoms with Crippen molar-refractivity contribution in [3.63, 3.8) is 0 Å². The molecule has 1 heteroatoms. The summed E-state index contributed by atoms with van der Waals surface area (Å²) in [6.45, 7) is 2.12. The van der Waals surface area contributed by atoms with Crippen LogP contribution in [0.25, 0.3) is 21.9 Å². The Hall–Kier alpha value is -2.28. The van der Waals surface area contributed by atoms with Crippen molar-refractivity contribution >= 4 is 10.8 Å². The van der Waals surface area contributed by atoms with Crippen molar-refractivity contribution < 1.29 is 4.74 Å². The molecular weight excluding hydrogens is 232 g/mol. The summed E-state index contributed by atoms with van der Waals surface area (Å²) in [5.41, 5.74) is 3.74. The summed E-state index contributed by atoms with van der Waals surface area (Å²) in [5.74, 6) is 0.905. The standard InChI is InChI=1S/C18H16O/c1-13-11-17(19-2)9-10-18(13)16-8-7-14-5-3-4-6-15(14)12-16/h3-12H,1-2H3. The highest BCUT2D eigenvalue weighted by Crippen LogP contribution is 2.29. The second-order valence-corrected chi connectivity index (χ2v) is 4.74. The van der Waals surface area contributed by atoms with Gasteiger partial charge in [-0.05, 0) is 52.6 Å². The molecule has 3 aromatic carbocycles. The molecule has 3 aromatic rings. The third-order valence-corrected chi connectivity index (χ3v) is 3.49. The van der Waals surface area contributed by atoms with Crippen LogP contribution in [0.15, 0.2) is 60.7 Å². The highest BCUT2D eigenvalue weighted by Gasteiger charge is 2.04. The molecule has 0 heterocycles. The highest BCUT2D eigenvalue weighted by molar-refractivity contribution is 5.87. The third-order valence-electron chi connectivity index (χ3n) is 3.49. The van der Waals surface area contributed by atoms with Gasteiger partial charge >= 0.3 is 0 Å². The van der Waals surface area contributed by atoms with Gasteiger partial charge in [-0.25, -0.2) is 0 Å². The van der Waals surface area contributed by atoms with Gasteiger partial charge in [-0.1, -0.05) is 42.5 Å². The van der Waals surface area contributed by atoms with E-state index in [9.17, 15) is 0 Å². The van der Waals surface area contributed by atoms with E-state index in [0.717, 1.165) is 5.75 Å². The lowest BCUT2D eigenvalue weighted by molar-refractivity contribution is 0.414. The molecule has 0 aliphatic heterocycles. The van der Waals surface area contributed by atoms with Crippen molar-refractivity contribution in [1.29, 1.82) is 0 Å². The van der Waals surface area contributed by atoms with Gasteiger partial charge in [-0.3, -0.25) is 0 Å². The van der Waals surface area contributed by atoms with Crippen molar-refractivity contribution in [2.45, 2.75) is 6.92 Å². The number of aryl methyl sites for hydroxylation is 1. The molecule has 19 heavy (non-hydrogen) atoms. The maximum Gasteiger partial charge on any atom is 0.119 e. The van der Waals surface area contributed by atoms with E-state index < -0.39 is 0 Å². The Balaban J connectivity index is 2.13. The topological polar surface area (TPSA) is 9.23 Å². The zero-order chi connectivity index (χ0) is 13.2. The third kappa shape index (κ3) is 2.19. The molecule has 0 fully saturated rings. The molecule has 0 atom stereocenters. The van der Waals surface area contributed by atoms with Gasteiger partial charge in [0.2, 0.25) is 0 Å². The molecule has 0 spiro atoms. The van der Waals surface area contributed by atoms with Crippen LogP contribution < -0.4 is 4.74 Å². The fourth-order valence-electron chi connectivity index (χ4n) is 2.44. The van der Waals surface area contributed by atoms with Crippen LogP contribution in [0.4, 0.5) is 0 Å². The van der Waals surface area contributed by atoms with Gasteiger partial charge in [0.05, 0.1) is 7.11 Å². The van der Waals surface area contributed by atoms with Gasteiger partial charge < -0.3 is 4.74 Å². The number of methoxy groups -OCH3 is 1. The normalized spacial score (nSPS) is 10.6. The number of fused-ring (bicyclic) bond motifs is 1. The first kappa shape index (κ1) is 11.8. The molecule has 0 bridgehead atoms. The monoisotopic (exact) mass is 248 g/mol. The molecule has 0 N–H and O–H groups in total. The van der Waals surface area contributed by atoms with Gasteiger partial charge in [0, 0.05) is 0 Å². The Bertz CT molecular complexity index is 729. The predicted octanol–water partition coefficient (Wildman–Crippen LogP) is 4.82. The molecule has 1 nitrogen and oxygen atoms in total. The minimum Gasteiger partial charge on any atom is -0.497 e. The average molecular weight is 248 g/mol. The Morgan fingerprint density at radius 2 is 1.58 bits per heavy atom. The van der Waals surface area contributed by atoms with Gasteiger partial charge in [-0.15, -0.1) is 0 Å². The van der Waals surface area contributed by atoms with E-state index in [1.165, 1.54) is 27.5 Å². The molecule has 0 aliphatic rings. The lowest BCUT2D eigenvalue weighted by atomic mass is 9.98. The smallest absolute Gasteiger partial charge is 0.119 e. The van der Waals surface area contributed by atoms with Crippen LogP contribution in [-0.2, 0) is 0 Å². The summed E-state index contributed by atoms with van der Waals surface area (Å²) in [6, 6.07) is 21.2. The molecule has 0 aliphatic carbocycles. The molecule has 3 rings (SSSR count). The fourth-order valence-corrected chi connectivity index (χ4v) is 2.44. The van der Waals surface area contributed by atoms with Crippen LogP contribution in [0.1, 0.15) is 5.56 Å². The number of rotatable bonds is 2. The highest BCUT2D eigenvalue weighted by atomic mass is 16.5. The summed E-state index contributed by atoms with van der Waals surface area (Å²) in [7, 11) is 1.70. The number of benzene rings is 3. The number of hydrogen-bond donors (Lipinski definition) is 0. The van der Waals surface area contributed by atoms with Gasteiger partial charge in [0.15, 0.2) is 0 Å². The summed E-state index contributed by atoms with van der Waals surface area (Å²) in [6.07, 6.45) is 0. The molecule has 0 aromatic heterocycles. The maximum absolute atomic E-state index is 5.26. The second kappa shape index (κ2) is 4.77. The van der Waals surface area contributed by atoms with Crippen molar-refractivity contribution in [1.82, 2.24) is 0 Å². The van der Waals surface area contributed by atoms with Crippen LogP contribution in [-0.4, -0.2) is 7.11 Å². The first-order valence-corrected chi connectivity index (χ1v) is 6.42. The lowest BCUT2D eigenvalue weighted by Gasteiger charge is -2.09. The lowest BCUT2D eigenvalue weighted by Crippen LogP contribution is -1.87. The molecular formula is C18H16O. The van der Waals surface area contributed by atoms with Gasteiger partial charge in [-0.2, -0.15) is 0 Å². The van der Waals surface area contributed by atoms with Crippen molar-refractivity contribution in [3.05, 3.63) is 66.2 Å². The zero-order valence-corrected chi connectivity index (χ0v) is 11.2. The minimum absolute atomic E-state index is 0.905. The van der Waals surface area contributed by atoms with E-state index in [-0.39, 0.29) is 0 Å². The van der Waals surface area contributed by atoms with Crippen LogP contribution in [0, 0.1) is 6.92 Å². The number of ether oxygens (including phenoxy) is 1. The van der Waals surface area contributed by atoms with Crippen LogP contribution in [0.2, 0.25) is 0 Å². The van der Waals surface area contributed by atoms with E-state index in [1.54, 1.807) is 7.11 Å². The molecule has 0 saturated heterocycles. The minimum atomic E-state index is 0.905. The van der Waals surface area contributed by atoms with E-state index in [0.29, 0.717) is 0 Å². The predicted molar refractivity (Wildman–Crippen MR) is 80.7 cm³/mol. The van der Waals surface area contributed by atoms with E-state index >= 15 is 0 Å². The largest absolute Gasteiger partial charge is 0.497 e. The summed E-state index contributed by atoms with van der Waals surface area (Å²) < 4.78 is 5.26. The molecule has 0 amide bonds. The quantitative estimate of drug-likeness (QED) is 0.631. The van der Waals surface area contributed by atoms with Gasteiger partial charge in [0.1, 0.15) is 5.75 Å². The first-order chi connectivity index (χ1) is 9.28. The molecule has 0 radical (unpaired) electrons. The fraction of sp³-hybridized carbons (Fsp3) is 0.111. The Morgan fingerprint density at radius 1 is 0.789 bits per heavy atom. The van der Waals surface area contributed by atoms with Crippen LogP contribution in [0.5, 0.6) is 5.75 Å². The average Bonchev–Trinajstić information content (AvgIpc) is 2.46. The van der Waals surface area contributed by atoms with Crippen LogP contribution >= 0.6 is 0 Å². The maximum atomic E-state index is 5.26. The molecule has 0 saturated carbocycles. The van der Waals surface area contributed by atoms with Gasteiger partial charge in [0.25, 0.3) is 0 Å². The SMILES string of the molecule is COc1ccc(-c2ccc3ccccc3c2)c(C)c1. The number of hydrogen-bond acceptors (Lipinski definition) is 1. The van der Waals surface area contributed by atoms with E-state index in [2.05, 4.69) is 61.5 Å². The van der Waals surface area contributed by atoms with Crippen molar-refractivity contribution in [2.75, 3.05) is 7.11 Å². The summed E-state index contributed by atoms with van der Waals surface area (Å²) in [5, 5.41) is 2.55. The van der Waals surface area contributed by atoms with E-state index in [1.807, 2.05) is 6.07 Å². The van der Waals surface area contributed by atoms with Crippen molar-refractivity contribution in [2.24, 2.45) is 0 Å². The van der Waals surface area contributed by atoms with Crippen LogP contribution in [0.3, 0.4) is 0 Å². The van der Waals surface area contributed by atoms with Crippen molar-refractivity contribution in [3.8, 4) is 16.9 Å². The Kier molecular flexibility index (Phi) is 2.96. The Labute approximate surface area is 113 Å². The Morgan fingerprint density at radius 3 is 2.32 bits per heavy atom. The summed E-state index contributed by atoms with van der Waals surface area (Å²) in [4.78, 5) is 0. The molecule has 0 unspecified atom stereocenters. The first-order valence-electron chi connectivity index (χ1n) is 6.42. The zero-order valence-electron chi connectivity index (χ0n) is 11.2. The summed E-state index contributed by atoms with van der Waals surface area (Å²) >= 11 is 0. The molecule has 94 valence electrons. The second-order valence-electron chi connectivity index (χ2n) is 4.74.